The molecule has 0 aliphatic carbocycles. The molecule has 6 nitrogen and oxygen atoms in total. The van der Waals surface area contributed by atoms with Gasteiger partial charge in [-0.1, -0.05) is 24.3 Å². The lowest BCUT2D eigenvalue weighted by Crippen LogP contribution is -2.45. The average Bonchev–Trinajstić information content (AvgIpc) is 3.32. The number of likely N-dealkylation sites (tertiary alicyclic amines) is 1. The van der Waals surface area contributed by atoms with Crippen LogP contribution in [0, 0.1) is 11.7 Å². The number of anilines is 2. The van der Waals surface area contributed by atoms with E-state index in [0.29, 0.717) is 30.1 Å². The highest BCUT2D eigenvalue weighted by atomic mass is 32.1. The van der Waals surface area contributed by atoms with E-state index < -0.39 is 23.5 Å². The molecular formula is C24H22F4N4O2S. The van der Waals surface area contributed by atoms with Crippen molar-refractivity contribution in [2.24, 2.45) is 5.92 Å². The van der Waals surface area contributed by atoms with Crippen LogP contribution in [-0.4, -0.2) is 34.8 Å². The summed E-state index contributed by atoms with van der Waals surface area (Å²) in [7, 11) is 0. The van der Waals surface area contributed by atoms with Crippen LogP contribution in [0.3, 0.4) is 0 Å². The molecule has 1 aliphatic heterocycles. The van der Waals surface area contributed by atoms with Crippen LogP contribution in [0.25, 0.3) is 0 Å². The predicted molar refractivity (Wildman–Crippen MR) is 124 cm³/mol. The number of hydrogen-bond donors (Lipinski definition) is 2. The summed E-state index contributed by atoms with van der Waals surface area (Å²) >= 11 is 1.17. The lowest BCUT2D eigenvalue weighted by Gasteiger charge is -2.31. The summed E-state index contributed by atoms with van der Waals surface area (Å²) in [6.45, 7) is 0.606. The summed E-state index contributed by atoms with van der Waals surface area (Å²) in [5.74, 6) is -1.57. The monoisotopic (exact) mass is 506 g/mol. The van der Waals surface area contributed by atoms with Crippen molar-refractivity contribution in [2.45, 2.75) is 25.6 Å². The molecular weight excluding hydrogens is 484 g/mol. The Morgan fingerprint density at radius 2 is 1.94 bits per heavy atom. The third-order valence-electron chi connectivity index (χ3n) is 5.64. The van der Waals surface area contributed by atoms with Gasteiger partial charge in [-0.2, -0.15) is 13.2 Å². The van der Waals surface area contributed by atoms with Gasteiger partial charge in [0.1, 0.15) is 11.5 Å². The van der Waals surface area contributed by atoms with Crippen molar-refractivity contribution < 1.29 is 27.2 Å². The maximum atomic E-state index is 13.8. The normalized spacial score (nSPS) is 16.1. The van der Waals surface area contributed by atoms with Gasteiger partial charge in [-0.25, -0.2) is 9.37 Å². The fourth-order valence-corrected chi connectivity index (χ4v) is 4.53. The first-order valence-corrected chi connectivity index (χ1v) is 11.8. The number of nitrogens with zero attached hydrogens (tertiary/aromatic N) is 2. The number of hydrogen-bond acceptors (Lipinski definition) is 5. The molecule has 1 saturated heterocycles. The fourth-order valence-electron chi connectivity index (χ4n) is 3.84. The van der Waals surface area contributed by atoms with Crippen LogP contribution < -0.4 is 10.6 Å². The first kappa shape index (κ1) is 24.6. The van der Waals surface area contributed by atoms with Crippen LogP contribution in [-0.2, 0) is 17.5 Å². The van der Waals surface area contributed by atoms with Crippen LogP contribution in [0.4, 0.5) is 28.4 Å². The molecule has 35 heavy (non-hydrogen) atoms. The molecule has 1 atom stereocenters. The first-order valence-electron chi connectivity index (χ1n) is 10.9. The molecule has 1 fully saturated rings. The molecule has 0 bridgehead atoms. The number of piperidine rings is 1. The Balaban J connectivity index is 1.34. The van der Waals surface area contributed by atoms with Crippen LogP contribution in [0.1, 0.15) is 34.5 Å². The number of rotatable bonds is 6. The number of halogens is 4. The van der Waals surface area contributed by atoms with Crippen molar-refractivity contribution in [2.75, 3.05) is 18.4 Å². The molecule has 1 aromatic heterocycles. The summed E-state index contributed by atoms with van der Waals surface area (Å²) in [6.07, 6.45) is -3.28. The van der Waals surface area contributed by atoms with E-state index in [9.17, 15) is 27.2 Å². The molecule has 2 heterocycles. The third-order valence-corrected chi connectivity index (χ3v) is 6.40. The molecule has 184 valence electrons. The Labute approximate surface area is 203 Å². The van der Waals surface area contributed by atoms with E-state index in [1.807, 2.05) is 0 Å². The molecule has 0 unspecified atom stereocenters. The van der Waals surface area contributed by atoms with E-state index in [1.165, 1.54) is 29.5 Å². The van der Waals surface area contributed by atoms with E-state index >= 15 is 0 Å². The number of carbonyl (C=O) groups is 2. The maximum Gasteiger partial charge on any atom is 0.416 e. The van der Waals surface area contributed by atoms with E-state index in [1.54, 1.807) is 28.5 Å². The summed E-state index contributed by atoms with van der Waals surface area (Å²) < 4.78 is 52.5. The van der Waals surface area contributed by atoms with E-state index in [4.69, 9.17) is 0 Å². The van der Waals surface area contributed by atoms with E-state index in [2.05, 4.69) is 15.6 Å². The van der Waals surface area contributed by atoms with Gasteiger partial charge in [0.15, 0.2) is 5.13 Å². The van der Waals surface area contributed by atoms with Crippen LogP contribution in [0.2, 0.25) is 0 Å². The minimum Gasteiger partial charge on any atom is -0.352 e. The molecule has 1 aliphatic rings. The fraction of sp³-hybridized carbons (Fsp3) is 0.292. The number of aromatic nitrogens is 1. The molecule has 2 N–H and O–H groups in total. The van der Waals surface area contributed by atoms with Gasteiger partial charge in [0.2, 0.25) is 5.91 Å². The van der Waals surface area contributed by atoms with Crippen molar-refractivity contribution in [1.82, 2.24) is 15.2 Å². The van der Waals surface area contributed by atoms with Gasteiger partial charge < -0.3 is 15.5 Å². The minimum absolute atomic E-state index is 0.0373. The number of carbonyl (C=O) groups excluding carboxylic acids is 2. The Morgan fingerprint density at radius 3 is 2.71 bits per heavy atom. The number of thiazole rings is 1. The topological polar surface area (TPSA) is 74.3 Å². The van der Waals surface area contributed by atoms with Crippen molar-refractivity contribution >= 4 is 34.0 Å². The summed E-state index contributed by atoms with van der Waals surface area (Å²) in [5, 5.41) is 7.47. The van der Waals surface area contributed by atoms with Gasteiger partial charge in [-0.15, -0.1) is 11.3 Å². The van der Waals surface area contributed by atoms with Crippen LogP contribution in [0.15, 0.2) is 53.9 Å². The van der Waals surface area contributed by atoms with Gasteiger partial charge in [-0.05, 0) is 42.7 Å². The number of alkyl halides is 3. The Kier molecular flexibility index (Phi) is 7.34. The summed E-state index contributed by atoms with van der Waals surface area (Å²) in [4.78, 5) is 31.4. The zero-order valence-electron chi connectivity index (χ0n) is 18.4. The van der Waals surface area contributed by atoms with Crippen LogP contribution >= 0.6 is 11.3 Å². The second kappa shape index (κ2) is 10.4. The SMILES string of the molecule is O=C(NCc1cccc(C(F)(F)F)c1)[C@H]1CCCN(C(=O)c2csc(Nc3ccccc3F)n2)C1. The number of amides is 2. The van der Waals surface area contributed by atoms with Crippen LogP contribution in [0.5, 0.6) is 0 Å². The van der Waals surface area contributed by atoms with E-state index in [0.717, 1.165) is 12.1 Å². The van der Waals surface area contributed by atoms with Crippen molar-refractivity contribution in [3.05, 3.63) is 76.5 Å². The first-order chi connectivity index (χ1) is 16.7. The largest absolute Gasteiger partial charge is 0.416 e. The predicted octanol–water partition coefficient (Wildman–Crippen LogP) is 5.21. The quantitative estimate of drug-likeness (QED) is 0.450. The molecule has 0 saturated carbocycles. The van der Waals surface area contributed by atoms with Gasteiger partial charge in [0, 0.05) is 25.0 Å². The molecule has 2 aromatic carbocycles. The van der Waals surface area contributed by atoms with Crippen molar-refractivity contribution in [1.29, 1.82) is 0 Å². The second-order valence-corrected chi connectivity index (χ2v) is 9.01. The zero-order valence-corrected chi connectivity index (χ0v) is 19.3. The smallest absolute Gasteiger partial charge is 0.352 e. The van der Waals surface area contributed by atoms with Crippen molar-refractivity contribution in [3.8, 4) is 0 Å². The number of nitrogens with one attached hydrogen (secondary N) is 2. The summed E-state index contributed by atoms with van der Waals surface area (Å²) in [6, 6.07) is 10.9. The lowest BCUT2D eigenvalue weighted by atomic mass is 9.96. The highest BCUT2D eigenvalue weighted by Gasteiger charge is 2.31. The molecule has 0 radical (unpaired) electrons. The highest BCUT2D eigenvalue weighted by molar-refractivity contribution is 7.14. The molecule has 0 spiro atoms. The molecule has 2 amide bonds. The van der Waals surface area contributed by atoms with Gasteiger partial charge in [-0.3, -0.25) is 9.59 Å². The molecule has 3 aromatic rings. The number of para-hydroxylation sites is 1. The maximum absolute atomic E-state index is 13.8. The lowest BCUT2D eigenvalue weighted by molar-refractivity contribution is -0.137. The standard InChI is InChI=1S/C24H22F4N4O2S/c25-18-8-1-2-9-19(18)30-23-31-20(14-35-23)22(34)32-10-4-6-16(13-32)21(33)29-12-15-5-3-7-17(11-15)24(26,27)28/h1-3,5,7-9,11,14,16H,4,6,10,12-13H2,(H,29,33)(H,30,31)/t16-/m0/s1. The number of benzene rings is 2. The second-order valence-electron chi connectivity index (χ2n) is 8.15. The van der Waals surface area contributed by atoms with Crippen molar-refractivity contribution in [3.63, 3.8) is 0 Å². The minimum atomic E-state index is -4.45. The Bertz CT molecular complexity index is 1210. The average molecular weight is 507 g/mol. The van der Waals surface area contributed by atoms with Gasteiger partial charge in [0.25, 0.3) is 5.91 Å². The zero-order chi connectivity index (χ0) is 25.0. The van der Waals surface area contributed by atoms with Gasteiger partial charge >= 0.3 is 6.18 Å². The molecule has 11 heteroatoms. The molecule has 4 rings (SSSR count). The summed E-state index contributed by atoms with van der Waals surface area (Å²) in [5.41, 5.74) is 0.00951. The highest BCUT2D eigenvalue weighted by Crippen LogP contribution is 2.29. The Hall–Kier alpha value is -3.47. The third kappa shape index (κ3) is 6.16. The van der Waals surface area contributed by atoms with Gasteiger partial charge in [0.05, 0.1) is 17.2 Å². The Morgan fingerprint density at radius 1 is 1.14 bits per heavy atom. The van der Waals surface area contributed by atoms with E-state index in [-0.39, 0.29) is 36.3 Å².